The Bertz CT molecular complexity index is 1410. The lowest BCUT2D eigenvalue weighted by Crippen LogP contribution is -2.43. The van der Waals surface area contributed by atoms with Gasteiger partial charge in [0.05, 0.1) is 23.3 Å². The van der Waals surface area contributed by atoms with Crippen LogP contribution in [0.15, 0.2) is 42.5 Å². The molecule has 0 bridgehead atoms. The van der Waals surface area contributed by atoms with E-state index in [-0.39, 0.29) is 30.0 Å². The maximum Gasteiger partial charge on any atom is 0.416 e. The number of nitrogens with one attached hydrogen (secondary N) is 1. The van der Waals surface area contributed by atoms with Gasteiger partial charge in [-0.1, -0.05) is 12.1 Å². The number of fused-ring (bicyclic) bond motifs is 1. The quantitative estimate of drug-likeness (QED) is 0.336. The minimum absolute atomic E-state index is 0.0262. The standard InChI is InChI=1S/C29H30F7N5O2/c1-16(19-11-20(28(31,32)33)13-21(12-19)29(34,35)36)43-24-14-25-38-39-26(18-7-9-40(10-8-18)27(42)37-2)41(25)15-23(24)17-3-5-22(30)6-4-17/h3-6,11-13,16,18,23-24H,7-10,14-15H2,1-2H3,(H,37,42)/t16-,23-,24+/m1/s1. The zero-order valence-electron chi connectivity index (χ0n) is 23.3. The fourth-order valence-corrected chi connectivity index (χ4v) is 5.86. The molecule has 14 heteroatoms. The molecule has 3 atom stereocenters. The zero-order chi connectivity index (χ0) is 31.1. The highest BCUT2D eigenvalue weighted by molar-refractivity contribution is 5.73. The minimum atomic E-state index is -4.99. The Kier molecular flexibility index (Phi) is 8.43. The minimum Gasteiger partial charge on any atom is -0.369 e. The van der Waals surface area contributed by atoms with E-state index in [9.17, 15) is 35.5 Å². The summed E-state index contributed by atoms with van der Waals surface area (Å²) < 4.78 is 103. The summed E-state index contributed by atoms with van der Waals surface area (Å²) in [4.78, 5) is 13.7. The highest BCUT2D eigenvalue weighted by Crippen LogP contribution is 2.40. The van der Waals surface area contributed by atoms with Gasteiger partial charge in [0.15, 0.2) is 0 Å². The number of hydrogen-bond donors (Lipinski definition) is 1. The summed E-state index contributed by atoms with van der Waals surface area (Å²) in [7, 11) is 1.57. The maximum absolute atomic E-state index is 13.8. The van der Waals surface area contributed by atoms with Gasteiger partial charge in [-0.05, 0) is 61.2 Å². The third-order valence-electron chi connectivity index (χ3n) is 8.19. The van der Waals surface area contributed by atoms with Crippen molar-refractivity contribution in [2.75, 3.05) is 20.1 Å². The molecule has 232 valence electrons. The van der Waals surface area contributed by atoms with E-state index in [1.807, 2.05) is 4.57 Å². The molecule has 2 aliphatic heterocycles. The van der Waals surface area contributed by atoms with Crippen LogP contribution in [0, 0.1) is 5.82 Å². The van der Waals surface area contributed by atoms with E-state index in [0.717, 1.165) is 5.82 Å². The van der Waals surface area contributed by atoms with E-state index < -0.39 is 47.4 Å². The van der Waals surface area contributed by atoms with Crippen LogP contribution in [0.2, 0.25) is 0 Å². The van der Waals surface area contributed by atoms with Gasteiger partial charge in [-0.2, -0.15) is 26.3 Å². The number of rotatable bonds is 5. The second-order valence-electron chi connectivity index (χ2n) is 10.9. The molecular weight excluding hydrogens is 583 g/mol. The predicted octanol–water partition coefficient (Wildman–Crippen LogP) is 6.46. The maximum atomic E-state index is 13.8. The number of ether oxygens (including phenoxy) is 1. The second kappa shape index (κ2) is 11.8. The molecule has 1 aromatic heterocycles. The number of benzene rings is 2. The molecule has 1 N–H and O–H groups in total. The normalized spacial score (nSPS) is 20.5. The van der Waals surface area contributed by atoms with Gasteiger partial charge in [0.1, 0.15) is 17.5 Å². The molecule has 0 aliphatic carbocycles. The van der Waals surface area contributed by atoms with Crippen molar-refractivity contribution in [3.8, 4) is 0 Å². The highest BCUT2D eigenvalue weighted by atomic mass is 19.4. The third kappa shape index (κ3) is 6.63. The Morgan fingerprint density at radius 2 is 1.58 bits per heavy atom. The van der Waals surface area contributed by atoms with E-state index in [1.165, 1.54) is 19.1 Å². The molecule has 0 unspecified atom stereocenters. The fraction of sp³-hybridized carbons (Fsp3) is 0.483. The zero-order valence-corrected chi connectivity index (χ0v) is 23.3. The van der Waals surface area contributed by atoms with E-state index in [1.54, 1.807) is 24.1 Å². The number of alkyl halides is 6. The van der Waals surface area contributed by atoms with E-state index >= 15 is 0 Å². The topological polar surface area (TPSA) is 72.3 Å². The molecule has 0 radical (unpaired) electrons. The molecule has 2 aliphatic rings. The summed E-state index contributed by atoms with van der Waals surface area (Å²) in [5.74, 6) is 0.447. The number of nitrogens with zero attached hydrogens (tertiary/aromatic N) is 4. The van der Waals surface area contributed by atoms with Crippen molar-refractivity contribution in [1.82, 2.24) is 25.0 Å². The number of urea groups is 1. The van der Waals surface area contributed by atoms with Gasteiger partial charge in [-0.3, -0.25) is 0 Å². The number of amides is 2. The van der Waals surface area contributed by atoms with Crippen LogP contribution in [0.3, 0.4) is 0 Å². The summed E-state index contributed by atoms with van der Waals surface area (Å²) in [5.41, 5.74) is -2.41. The van der Waals surface area contributed by atoms with Gasteiger partial charge in [-0.15, -0.1) is 10.2 Å². The average molecular weight is 614 g/mol. The molecule has 1 saturated heterocycles. The Morgan fingerprint density at radius 3 is 2.14 bits per heavy atom. The molecule has 43 heavy (non-hydrogen) atoms. The van der Waals surface area contributed by atoms with Gasteiger partial charge in [0.2, 0.25) is 0 Å². The second-order valence-corrected chi connectivity index (χ2v) is 10.9. The third-order valence-corrected chi connectivity index (χ3v) is 8.19. The van der Waals surface area contributed by atoms with Crippen LogP contribution in [0.25, 0.3) is 0 Å². The van der Waals surface area contributed by atoms with Crippen molar-refractivity contribution in [3.63, 3.8) is 0 Å². The molecule has 7 nitrogen and oxygen atoms in total. The van der Waals surface area contributed by atoms with E-state index in [0.29, 0.717) is 56.0 Å². The van der Waals surface area contributed by atoms with Crippen LogP contribution in [-0.2, 0) is 30.1 Å². The first-order valence-electron chi connectivity index (χ1n) is 13.8. The van der Waals surface area contributed by atoms with Crippen molar-refractivity contribution in [3.05, 3.63) is 82.2 Å². The van der Waals surface area contributed by atoms with Gasteiger partial charge in [-0.25, -0.2) is 9.18 Å². The van der Waals surface area contributed by atoms with Gasteiger partial charge in [0.25, 0.3) is 0 Å². The molecule has 1 fully saturated rings. The Balaban J connectivity index is 1.44. The number of likely N-dealkylation sites (tertiary alicyclic amines) is 1. The number of carbonyl (C=O) groups excluding carboxylic acids is 1. The first-order valence-corrected chi connectivity index (χ1v) is 13.8. The SMILES string of the molecule is CNC(=O)N1CCC(c2nnc3n2C[C@H](c2ccc(F)cc2)[C@@H](O[C@H](C)c2cc(C(F)(F)F)cc(C(F)(F)F)c2)C3)CC1. The van der Waals surface area contributed by atoms with E-state index in [2.05, 4.69) is 15.5 Å². The number of hydrogen-bond acceptors (Lipinski definition) is 4. The molecule has 0 saturated carbocycles. The van der Waals surface area contributed by atoms with E-state index in [4.69, 9.17) is 4.74 Å². The Morgan fingerprint density at radius 1 is 0.977 bits per heavy atom. The lowest BCUT2D eigenvalue weighted by atomic mass is 9.87. The van der Waals surface area contributed by atoms with Crippen LogP contribution in [0.4, 0.5) is 35.5 Å². The van der Waals surface area contributed by atoms with Crippen LogP contribution >= 0.6 is 0 Å². The summed E-state index contributed by atoms with van der Waals surface area (Å²) >= 11 is 0. The average Bonchev–Trinajstić information content (AvgIpc) is 3.38. The number of aromatic nitrogens is 3. The van der Waals surface area contributed by atoms with Crippen molar-refractivity contribution < 1.29 is 40.3 Å². The predicted molar refractivity (Wildman–Crippen MR) is 141 cm³/mol. The lowest BCUT2D eigenvalue weighted by Gasteiger charge is -2.36. The Labute approximate surface area is 243 Å². The van der Waals surface area contributed by atoms with Crippen LogP contribution in [0.5, 0.6) is 0 Å². The monoisotopic (exact) mass is 613 g/mol. The molecule has 3 heterocycles. The van der Waals surface area contributed by atoms with Gasteiger partial charge >= 0.3 is 18.4 Å². The number of halogens is 7. The smallest absolute Gasteiger partial charge is 0.369 e. The molecular formula is C29H30F7N5O2. The van der Waals surface area contributed by atoms with Crippen LogP contribution in [-0.4, -0.2) is 51.9 Å². The summed E-state index contributed by atoms with van der Waals surface area (Å²) in [6.45, 7) is 2.79. The molecule has 2 aromatic carbocycles. The van der Waals surface area contributed by atoms with Crippen LogP contribution < -0.4 is 5.32 Å². The molecule has 3 aromatic rings. The fourth-order valence-electron chi connectivity index (χ4n) is 5.86. The van der Waals surface area contributed by atoms with Gasteiger partial charge in [0, 0.05) is 44.9 Å². The lowest BCUT2D eigenvalue weighted by molar-refractivity contribution is -0.143. The number of carbonyl (C=O) groups is 1. The van der Waals surface area contributed by atoms with Crippen LogP contribution in [0.1, 0.15) is 71.6 Å². The largest absolute Gasteiger partial charge is 0.416 e. The molecule has 2 amide bonds. The van der Waals surface area contributed by atoms with Crippen molar-refractivity contribution >= 4 is 6.03 Å². The summed E-state index contributed by atoms with van der Waals surface area (Å²) in [5, 5.41) is 11.4. The summed E-state index contributed by atoms with van der Waals surface area (Å²) in [6, 6.07) is 7.01. The molecule has 5 rings (SSSR count). The van der Waals surface area contributed by atoms with Crippen molar-refractivity contribution in [2.45, 2.75) is 69.1 Å². The first kappa shape index (κ1) is 30.8. The number of piperidine rings is 1. The van der Waals surface area contributed by atoms with Crippen molar-refractivity contribution in [2.24, 2.45) is 0 Å². The summed E-state index contributed by atoms with van der Waals surface area (Å²) in [6.07, 6.45) is -10.3. The van der Waals surface area contributed by atoms with Crippen molar-refractivity contribution in [1.29, 1.82) is 0 Å². The highest BCUT2D eigenvalue weighted by Gasteiger charge is 2.39. The molecule has 0 spiro atoms. The van der Waals surface area contributed by atoms with Gasteiger partial charge < -0.3 is 19.5 Å². The Hall–Kier alpha value is -3.68. The first-order chi connectivity index (χ1) is 20.2.